The molecular weight excluding hydrogens is 350 g/mol. The Labute approximate surface area is 153 Å². The van der Waals surface area contributed by atoms with Crippen LogP contribution in [0, 0.1) is 0 Å². The first-order chi connectivity index (χ1) is 13.0. The summed E-state index contributed by atoms with van der Waals surface area (Å²) in [6.07, 6.45) is 2.71. The Kier molecular flexibility index (Phi) is 3.91. The monoisotopic (exact) mass is 365 g/mol. The third-order valence-corrected chi connectivity index (χ3v) is 4.31. The van der Waals surface area contributed by atoms with Crippen molar-refractivity contribution in [2.24, 2.45) is 0 Å². The molecule has 27 heavy (non-hydrogen) atoms. The standard InChI is InChI=1S/C18H15N5O4/c1-10(2)14-13(7-19-18-20-8-21-23(14)18)17(26)27-9-22-15(24)11-5-3-4-6-12(11)16(22)25/h3-8,10H,9H2,1-2H3. The fourth-order valence-corrected chi connectivity index (χ4v) is 3.07. The van der Waals surface area contributed by atoms with E-state index in [0.717, 1.165) is 4.90 Å². The quantitative estimate of drug-likeness (QED) is 0.511. The van der Waals surface area contributed by atoms with Gasteiger partial charge in [-0.1, -0.05) is 26.0 Å². The third-order valence-electron chi connectivity index (χ3n) is 4.31. The number of carbonyl (C=O) groups is 3. The highest BCUT2D eigenvalue weighted by atomic mass is 16.5. The molecule has 0 spiro atoms. The van der Waals surface area contributed by atoms with E-state index < -0.39 is 24.5 Å². The average molecular weight is 365 g/mol. The summed E-state index contributed by atoms with van der Waals surface area (Å²) < 4.78 is 6.72. The van der Waals surface area contributed by atoms with Gasteiger partial charge in [0.15, 0.2) is 6.73 Å². The number of benzene rings is 1. The zero-order chi connectivity index (χ0) is 19.1. The molecule has 136 valence electrons. The number of fused-ring (bicyclic) bond motifs is 2. The van der Waals surface area contributed by atoms with E-state index in [1.165, 1.54) is 17.0 Å². The molecule has 0 saturated heterocycles. The van der Waals surface area contributed by atoms with Crippen molar-refractivity contribution < 1.29 is 19.1 Å². The second kappa shape index (κ2) is 6.27. The molecule has 0 saturated carbocycles. The van der Waals surface area contributed by atoms with Gasteiger partial charge < -0.3 is 4.74 Å². The smallest absolute Gasteiger partial charge is 0.343 e. The van der Waals surface area contributed by atoms with Gasteiger partial charge in [0.05, 0.1) is 16.8 Å². The average Bonchev–Trinajstić information content (AvgIpc) is 3.23. The molecule has 0 N–H and O–H groups in total. The van der Waals surface area contributed by atoms with Crippen LogP contribution in [0.3, 0.4) is 0 Å². The minimum absolute atomic E-state index is 0.0564. The van der Waals surface area contributed by atoms with Crippen LogP contribution in [0.5, 0.6) is 0 Å². The number of hydrogen-bond donors (Lipinski definition) is 0. The molecule has 4 rings (SSSR count). The van der Waals surface area contributed by atoms with Crippen molar-refractivity contribution >= 4 is 23.6 Å². The van der Waals surface area contributed by atoms with E-state index in [2.05, 4.69) is 15.1 Å². The minimum Gasteiger partial charge on any atom is -0.440 e. The van der Waals surface area contributed by atoms with Gasteiger partial charge >= 0.3 is 5.97 Å². The fraction of sp³-hybridized carbons (Fsp3) is 0.222. The molecular formula is C18H15N5O4. The van der Waals surface area contributed by atoms with E-state index in [1.54, 1.807) is 24.3 Å². The first-order valence-electron chi connectivity index (χ1n) is 8.30. The van der Waals surface area contributed by atoms with E-state index in [-0.39, 0.29) is 11.5 Å². The summed E-state index contributed by atoms with van der Waals surface area (Å²) in [6.45, 7) is 3.33. The van der Waals surface area contributed by atoms with Crippen LogP contribution in [0.2, 0.25) is 0 Å². The number of carbonyl (C=O) groups excluding carboxylic acids is 3. The fourth-order valence-electron chi connectivity index (χ4n) is 3.07. The van der Waals surface area contributed by atoms with Crippen LogP contribution in [0.25, 0.3) is 5.78 Å². The number of ether oxygens (including phenoxy) is 1. The Morgan fingerprint density at radius 1 is 1.11 bits per heavy atom. The maximum Gasteiger partial charge on any atom is 0.343 e. The van der Waals surface area contributed by atoms with Crippen LogP contribution in [-0.4, -0.2) is 49.0 Å². The van der Waals surface area contributed by atoms with Gasteiger partial charge in [0, 0.05) is 6.20 Å². The molecule has 1 aliphatic rings. The third kappa shape index (κ3) is 2.64. The van der Waals surface area contributed by atoms with Crippen LogP contribution in [0.4, 0.5) is 0 Å². The molecule has 0 radical (unpaired) electrons. The Balaban J connectivity index is 1.58. The van der Waals surface area contributed by atoms with Crippen molar-refractivity contribution in [3.63, 3.8) is 0 Å². The molecule has 1 aromatic carbocycles. The SMILES string of the molecule is CC(C)c1c(C(=O)OCN2C(=O)c3ccccc3C2=O)cnc2ncnn12. The number of aromatic nitrogens is 4. The molecule has 9 nitrogen and oxygen atoms in total. The summed E-state index contributed by atoms with van der Waals surface area (Å²) in [5, 5.41) is 4.09. The topological polar surface area (TPSA) is 107 Å². The van der Waals surface area contributed by atoms with E-state index >= 15 is 0 Å². The van der Waals surface area contributed by atoms with Gasteiger partial charge in [0.1, 0.15) is 11.9 Å². The van der Waals surface area contributed by atoms with E-state index in [1.807, 2.05) is 13.8 Å². The first kappa shape index (κ1) is 16.8. The maximum atomic E-state index is 12.6. The van der Waals surface area contributed by atoms with Crippen LogP contribution < -0.4 is 0 Å². The lowest BCUT2D eigenvalue weighted by atomic mass is 10.1. The molecule has 3 heterocycles. The summed E-state index contributed by atoms with van der Waals surface area (Å²) in [7, 11) is 0. The molecule has 0 unspecified atom stereocenters. The second-order valence-corrected chi connectivity index (χ2v) is 6.33. The maximum absolute atomic E-state index is 12.6. The lowest BCUT2D eigenvalue weighted by Crippen LogP contribution is -2.33. The predicted molar refractivity (Wildman–Crippen MR) is 92.1 cm³/mol. The van der Waals surface area contributed by atoms with Crippen LogP contribution >= 0.6 is 0 Å². The molecule has 9 heteroatoms. The van der Waals surface area contributed by atoms with E-state index in [4.69, 9.17) is 4.74 Å². The van der Waals surface area contributed by atoms with Gasteiger partial charge in [-0.2, -0.15) is 10.1 Å². The molecule has 2 amide bonds. The van der Waals surface area contributed by atoms with Crippen molar-refractivity contribution in [2.45, 2.75) is 19.8 Å². The summed E-state index contributed by atoms with van der Waals surface area (Å²) in [6, 6.07) is 6.48. The van der Waals surface area contributed by atoms with Gasteiger partial charge in [-0.3, -0.25) is 9.59 Å². The zero-order valence-corrected chi connectivity index (χ0v) is 14.6. The summed E-state index contributed by atoms with van der Waals surface area (Å²) in [5.41, 5.74) is 1.39. The highest BCUT2D eigenvalue weighted by molar-refractivity contribution is 6.21. The van der Waals surface area contributed by atoms with E-state index in [0.29, 0.717) is 22.6 Å². The number of rotatable bonds is 4. The number of hydrogen-bond acceptors (Lipinski definition) is 7. The zero-order valence-electron chi connectivity index (χ0n) is 14.6. The normalized spacial score (nSPS) is 13.5. The Hall–Kier alpha value is -3.62. The van der Waals surface area contributed by atoms with Gasteiger partial charge in [-0.15, -0.1) is 0 Å². The van der Waals surface area contributed by atoms with Crippen LogP contribution in [-0.2, 0) is 4.74 Å². The van der Waals surface area contributed by atoms with Crippen molar-refractivity contribution in [3.8, 4) is 0 Å². The number of esters is 1. The number of amides is 2. The van der Waals surface area contributed by atoms with Crippen molar-refractivity contribution in [3.05, 3.63) is 59.2 Å². The molecule has 0 atom stereocenters. The Bertz CT molecular complexity index is 1050. The Morgan fingerprint density at radius 2 is 1.78 bits per heavy atom. The molecule has 0 bridgehead atoms. The van der Waals surface area contributed by atoms with Gasteiger partial charge in [-0.05, 0) is 18.1 Å². The van der Waals surface area contributed by atoms with Crippen molar-refractivity contribution in [1.82, 2.24) is 24.5 Å². The predicted octanol–water partition coefficient (Wildman–Crippen LogP) is 1.66. The highest BCUT2D eigenvalue weighted by Crippen LogP contribution is 2.23. The van der Waals surface area contributed by atoms with Crippen LogP contribution in [0.1, 0.15) is 56.5 Å². The summed E-state index contributed by atoms with van der Waals surface area (Å²) in [4.78, 5) is 46.3. The minimum atomic E-state index is -0.694. The second-order valence-electron chi connectivity index (χ2n) is 6.33. The molecule has 1 aliphatic heterocycles. The summed E-state index contributed by atoms with van der Waals surface area (Å²) >= 11 is 0. The van der Waals surface area contributed by atoms with Gasteiger partial charge in [0.2, 0.25) is 0 Å². The van der Waals surface area contributed by atoms with Crippen molar-refractivity contribution in [2.75, 3.05) is 6.73 Å². The summed E-state index contributed by atoms with van der Waals surface area (Å²) in [5.74, 6) is -1.36. The molecule has 0 fully saturated rings. The lowest BCUT2D eigenvalue weighted by molar-refractivity contribution is 0.0226. The molecule has 0 aliphatic carbocycles. The van der Waals surface area contributed by atoms with E-state index in [9.17, 15) is 14.4 Å². The Morgan fingerprint density at radius 3 is 2.41 bits per heavy atom. The van der Waals surface area contributed by atoms with Crippen molar-refractivity contribution in [1.29, 1.82) is 0 Å². The highest BCUT2D eigenvalue weighted by Gasteiger charge is 2.36. The number of imide groups is 1. The largest absolute Gasteiger partial charge is 0.440 e. The van der Waals surface area contributed by atoms with Crippen LogP contribution in [0.15, 0.2) is 36.8 Å². The first-order valence-corrected chi connectivity index (χ1v) is 8.30. The lowest BCUT2D eigenvalue weighted by Gasteiger charge is -2.16. The van der Waals surface area contributed by atoms with Gasteiger partial charge in [-0.25, -0.2) is 19.2 Å². The molecule has 2 aromatic heterocycles. The number of nitrogens with zero attached hydrogens (tertiary/aromatic N) is 5. The van der Waals surface area contributed by atoms with Gasteiger partial charge in [0.25, 0.3) is 17.6 Å². The molecule has 3 aromatic rings.